The summed E-state index contributed by atoms with van der Waals surface area (Å²) < 4.78 is 12.8. The van der Waals surface area contributed by atoms with Crippen molar-refractivity contribution in [2.24, 2.45) is 0 Å². The minimum atomic E-state index is -0.321. The molecule has 19 heavy (non-hydrogen) atoms. The first kappa shape index (κ1) is 11.6. The number of allylic oxidation sites excluding steroid dienone is 1. The monoisotopic (exact) mass is 273 g/mol. The number of hydrogen-bond donors (Lipinski definition) is 0. The van der Waals surface area contributed by atoms with E-state index in [9.17, 15) is 0 Å². The van der Waals surface area contributed by atoms with Gasteiger partial charge in [-0.3, -0.25) is 4.98 Å². The number of pyridine rings is 1. The van der Waals surface area contributed by atoms with Crippen LogP contribution in [0.3, 0.4) is 0 Å². The molecule has 1 spiro atoms. The van der Waals surface area contributed by atoms with Crippen molar-refractivity contribution < 1.29 is 9.47 Å². The second kappa shape index (κ2) is 4.40. The highest BCUT2D eigenvalue weighted by atomic mass is 32.1. The second-order valence-corrected chi connectivity index (χ2v) is 6.12. The van der Waals surface area contributed by atoms with Crippen LogP contribution in [0.5, 0.6) is 0 Å². The fourth-order valence-corrected chi connectivity index (χ4v) is 3.91. The van der Waals surface area contributed by atoms with E-state index in [-0.39, 0.29) is 5.79 Å². The molecule has 4 rings (SSSR count). The first-order chi connectivity index (χ1) is 9.35. The van der Waals surface area contributed by atoms with E-state index in [4.69, 9.17) is 9.47 Å². The molecular weight excluding hydrogens is 258 g/mol. The predicted octanol–water partition coefficient (Wildman–Crippen LogP) is 3.61. The fourth-order valence-electron chi connectivity index (χ4n) is 2.82. The van der Waals surface area contributed by atoms with Crippen molar-refractivity contribution in [1.82, 2.24) is 4.98 Å². The molecule has 1 aliphatic carbocycles. The van der Waals surface area contributed by atoms with Crippen molar-refractivity contribution in [2.45, 2.75) is 25.0 Å². The molecule has 2 aromatic heterocycles. The highest BCUT2D eigenvalue weighted by Crippen LogP contribution is 2.40. The van der Waals surface area contributed by atoms with Gasteiger partial charge in [0.25, 0.3) is 0 Å². The van der Waals surface area contributed by atoms with E-state index >= 15 is 0 Å². The molecule has 0 saturated carbocycles. The zero-order valence-corrected chi connectivity index (χ0v) is 11.4. The lowest BCUT2D eigenvalue weighted by atomic mass is 9.93. The van der Waals surface area contributed by atoms with Crippen LogP contribution < -0.4 is 0 Å². The third-order valence-corrected chi connectivity index (χ3v) is 5.02. The van der Waals surface area contributed by atoms with Crippen LogP contribution in [0.15, 0.2) is 30.5 Å². The molecule has 1 aliphatic heterocycles. The van der Waals surface area contributed by atoms with Crippen LogP contribution in [-0.4, -0.2) is 24.0 Å². The smallest absolute Gasteiger partial charge is 0.172 e. The molecule has 3 heterocycles. The maximum Gasteiger partial charge on any atom is 0.172 e. The van der Waals surface area contributed by atoms with E-state index < -0.39 is 0 Å². The fraction of sp³-hybridized carbons (Fsp3) is 0.400. The van der Waals surface area contributed by atoms with E-state index in [2.05, 4.69) is 23.2 Å². The Balaban J connectivity index is 1.64. The summed E-state index contributed by atoms with van der Waals surface area (Å²) in [7, 11) is 0. The molecule has 98 valence electrons. The molecule has 1 fully saturated rings. The van der Waals surface area contributed by atoms with Crippen LogP contribution in [0.1, 0.15) is 24.1 Å². The van der Waals surface area contributed by atoms with E-state index in [1.54, 1.807) is 0 Å². The van der Waals surface area contributed by atoms with E-state index in [0.29, 0.717) is 0 Å². The number of fused-ring (bicyclic) bond motifs is 1. The van der Waals surface area contributed by atoms with Crippen molar-refractivity contribution >= 4 is 27.1 Å². The van der Waals surface area contributed by atoms with Crippen molar-refractivity contribution in [3.8, 4) is 0 Å². The molecule has 0 radical (unpaired) electrons. The maximum atomic E-state index is 5.75. The SMILES string of the molecule is C1=C(c2cc3ncccc3s2)CCC2(C1)OCCO2. The maximum absolute atomic E-state index is 5.75. The number of hydrogen-bond acceptors (Lipinski definition) is 4. The van der Waals surface area contributed by atoms with Gasteiger partial charge in [0.05, 0.1) is 23.4 Å². The number of ether oxygens (including phenoxy) is 2. The second-order valence-electron chi connectivity index (χ2n) is 5.04. The average molecular weight is 273 g/mol. The van der Waals surface area contributed by atoms with E-state index in [1.165, 1.54) is 15.2 Å². The van der Waals surface area contributed by atoms with Crippen LogP contribution in [0.2, 0.25) is 0 Å². The molecule has 2 aliphatic rings. The van der Waals surface area contributed by atoms with Gasteiger partial charge in [-0.25, -0.2) is 0 Å². The summed E-state index contributed by atoms with van der Waals surface area (Å²) in [6, 6.07) is 6.32. The van der Waals surface area contributed by atoms with Crippen LogP contribution in [0.4, 0.5) is 0 Å². The number of aromatic nitrogens is 1. The zero-order chi connectivity index (χ0) is 12.7. The van der Waals surface area contributed by atoms with Gasteiger partial charge in [-0.05, 0) is 30.2 Å². The average Bonchev–Trinajstić information content (AvgIpc) is 3.06. The molecule has 2 aromatic rings. The van der Waals surface area contributed by atoms with Crippen molar-refractivity contribution in [2.75, 3.05) is 13.2 Å². The van der Waals surface area contributed by atoms with Gasteiger partial charge in [-0.1, -0.05) is 6.08 Å². The van der Waals surface area contributed by atoms with Gasteiger partial charge in [0.1, 0.15) is 0 Å². The van der Waals surface area contributed by atoms with Crippen molar-refractivity contribution in [1.29, 1.82) is 0 Å². The summed E-state index contributed by atoms with van der Waals surface area (Å²) in [6.07, 6.45) is 6.97. The van der Waals surface area contributed by atoms with E-state index in [0.717, 1.165) is 38.0 Å². The Morgan fingerprint density at radius 1 is 1.26 bits per heavy atom. The molecule has 0 atom stereocenters. The van der Waals surface area contributed by atoms with Gasteiger partial charge in [0.15, 0.2) is 5.79 Å². The van der Waals surface area contributed by atoms with Crippen LogP contribution in [0.25, 0.3) is 15.8 Å². The Morgan fingerprint density at radius 2 is 2.16 bits per heavy atom. The summed E-state index contributed by atoms with van der Waals surface area (Å²) >= 11 is 1.82. The molecule has 0 N–H and O–H groups in total. The lowest BCUT2D eigenvalue weighted by Crippen LogP contribution is -2.31. The first-order valence-electron chi connectivity index (χ1n) is 6.67. The van der Waals surface area contributed by atoms with Crippen molar-refractivity contribution in [3.63, 3.8) is 0 Å². The third kappa shape index (κ3) is 2.00. The number of thiophene rings is 1. The van der Waals surface area contributed by atoms with Gasteiger partial charge in [0, 0.05) is 23.9 Å². The number of nitrogens with zero attached hydrogens (tertiary/aromatic N) is 1. The molecule has 4 heteroatoms. The normalized spacial score (nSPS) is 22.0. The Bertz CT molecular complexity index is 607. The molecule has 1 saturated heterocycles. The third-order valence-electron chi connectivity index (χ3n) is 3.85. The highest BCUT2D eigenvalue weighted by molar-refractivity contribution is 7.20. The molecular formula is C15H15NO2S. The van der Waals surface area contributed by atoms with Crippen LogP contribution >= 0.6 is 11.3 Å². The lowest BCUT2D eigenvalue weighted by molar-refractivity contribution is -0.159. The molecule has 0 unspecified atom stereocenters. The van der Waals surface area contributed by atoms with Crippen LogP contribution in [0, 0.1) is 0 Å². The quantitative estimate of drug-likeness (QED) is 0.795. The Morgan fingerprint density at radius 3 is 2.89 bits per heavy atom. The molecule has 0 bridgehead atoms. The van der Waals surface area contributed by atoms with Crippen LogP contribution in [-0.2, 0) is 9.47 Å². The molecule has 3 nitrogen and oxygen atoms in total. The van der Waals surface area contributed by atoms with Gasteiger partial charge in [0.2, 0.25) is 0 Å². The minimum absolute atomic E-state index is 0.321. The predicted molar refractivity (Wildman–Crippen MR) is 76.1 cm³/mol. The summed E-state index contributed by atoms with van der Waals surface area (Å²) in [5.74, 6) is -0.321. The summed E-state index contributed by atoms with van der Waals surface area (Å²) in [6.45, 7) is 1.46. The molecule has 0 aromatic carbocycles. The summed E-state index contributed by atoms with van der Waals surface area (Å²) in [4.78, 5) is 5.74. The van der Waals surface area contributed by atoms with Gasteiger partial charge < -0.3 is 9.47 Å². The van der Waals surface area contributed by atoms with Gasteiger partial charge in [-0.15, -0.1) is 11.3 Å². The number of rotatable bonds is 1. The zero-order valence-electron chi connectivity index (χ0n) is 10.6. The summed E-state index contributed by atoms with van der Waals surface area (Å²) in [5.41, 5.74) is 2.50. The Kier molecular flexibility index (Phi) is 2.69. The summed E-state index contributed by atoms with van der Waals surface area (Å²) in [5, 5.41) is 0. The van der Waals surface area contributed by atoms with Gasteiger partial charge in [-0.2, -0.15) is 0 Å². The largest absolute Gasteiger partial charge is 0.347 e. The standard InChI is InChI=1S/C15H15NO2S/c1-2-13-12(16-7-1)10-14(19-13)11-3-5-15(6-4-11)17-8-9-18-15/h1-3,7,10H,4-6,8-9H2. The lowest BCUT2D eigenvalue weighted by Gasteiger charge is -2.30. The Labute approximate surface area is 115 Å². The minimum Gasteiger partial charge on any atom is -0.347 e. The first-order valence-corrected chi connectivity index (χ1v) is 7.48. The van der Waals surface area contributed by atoms with Crippen molar-refractivity contribution in [3.05, 3.63) is 35.3 Å². The topological polar surface area (TPSA) is 31.4 Å². The molecule has 0 amide bonds. The Hall–Kier alpha value is -1.23. The highest BCUT2D eigenvalue weighted by Gasteiger charge is 2.37. The van der Waals surface area contributed by atoms with E-state index in [1.807, 2.05) is 23.6 Å². The van der Waals surface area contributed by atoms with Gasteiger partial charge >= 0.3 is 0 Å².